The molecule has 0 unspecified atom stereocenters. The molecule has 7 atom stereocenters. The van der Waals surface area contributed by atoms with E-state index in [-0.39, 0.29) is 30.8 Å². The number of esters is 2. The number of carboxylic acid groups (broad SMARTS) is 1. The van der Waals surface area contributed by atoms with Crippen LogP contribution in [0.2, 0.25) is 0 Å². The van der Waals surface area contributed by atoms with Gasteiger partial charge < -0.3 is 29.5 Å². The third-order valence-electron chi connectivity index (χ3n) is 8.87. The molecule has 1 spiro atoms. The first-order valence-electron chi connectivity index (χ1n) is 11.5. The Hall–Kier alpha value is -2.23. The summed E-state index contributed by atoms with van der Waals surface area (Å²) in [6, 6.07) is 0. The quantitative estimate of drug-likeness (QED) is 0.313. The zero-order valence-corrected chi connectivity index (χ0v) is 19.0. The van der Waals surface area contributed by atoms with Crippen LogP contribution in [0.4, 0.5) is 0 Å². The minimum atomic E-state index is -1.60. The second-order valence-corrected chi connectivity index (χ2v) is 10.6. The van der Waals surface area contributed by atoms with Crippen LogP contribution in [0.15, 0.2) is 23.3 Å². The molecule has 0 aromatic carbocycles. The van der Waals surface area contributed by atoms with Crippen LogP contribution in [0.5, 0.6) is 0 Å². The molecule has 2 aliphatic heterocycles. The number of aliphatic hydroxyl groups is 2. The molecule has 5 rings (SSSR count). The zero-order chi connectivity index (χ0) is 24.0. The summed E-state index contributed by atoms with van der Waals surface area (Å²) in [5, 5.41) is 32.8. The number of cyclic esters (lactones) is 1. The van der Waals surface area contributed by atoms with Gasteiger partial charge in [-0.05, 0) is 36.7 Å². The van der Waals surface area contributed by atoms with E-state index in [0.717, 1.165) is 5.57 Å². The van der Waals surface area contributed by atoms with Crippen molar-refractivity contribution in [1.82, 2.24) is 0 Å². The molecule has 0 amide bonds. The van der Waals surface area contributed by atoms with Crippen molar-refractivity contribution >= 4 is 17.9 Å². The maximum absolute atomic E-state index is 12.6. The summed E-state index contributed by atoms with van der Waals surface area (Å²) in [6.45, 7) is 5.73. The van der Waals surface area contributed by atoms with Crippen molar-refractivity contribution in [3.05, 3.63) is 23.3 Å². The first-order chi connectivity index (χ1) is 15.4. The zero-order valence-electron chi connectivity index (χ0n) is 19.0. The van der Waals surface area contributed by atoms with Gasteiger partial charge in [0.2, 0.25) is 0 Å². The molecule has 9 nitrogen and oxygen atoms in total. The molecule has 180 valence electrons. The normalized spacial score (nSPS) is 45.0. The molecule has 33 heavy (non-hydrogen) atoms. The lowest BCUT2D eigenvalue weighted by atomic mass is 9.46. The van der Waals surface area contributed by atoms with Crippen molar-refractivity contribution in [3.63, 3.8) is 0 Å². The molecule has 3 aliphatic carbocycles. The van der Waals surface area contributed by atoms with Gasteiger partial charge >= 0.3 is 17.9 Å². The number of carbonyl (C=O) groups excluding carboxylic acids is 2. The lowest BCUT2D eigenvalue weighted by molar-refractivity contribution is -0.221. The molecule has 5 aliphatic rings. The van der Waals surface area contributed by atoms with Crippen molar-refractivity contribution in [2.75, 3.05) is 6.61 Å². The Labute approximate surface area is 191 Å². The van der Waals surface area contributed by atoms with Crippen LogP contribution in [0.1, 0.15) is 52.9 Å². The second kappa shape index (κ2) is 6.90. The van der Waals surface area contributed by atoms with E-state index in [9.17, 15) is 24.6 Å². The first kappa shape index (κ1) is 22.6. The van der Waals surface area contributed by atoms with Crippen LogP contribution in [0.25, 0.3) is 0 Å². The van der Waals surface area contributed by atoms with Gasteiger partial charge in [0.25, 0.3) is 0 Å². The lowest BCUT2D eigenvalue weighted by Gasteiger charge is -2.60. The summed E-state index contributed by atoms with van der Waals surface area (Å²) < 4.78 is 17.2. The smallest absolute Gasteiger partial charge is 0.334 e. The Morgan fingerprint density at radius 3 is 2.64 bits per heavy atom. The van der Waals surface area contributed by atoms with Gasteiger partial charge in [0.15, 0.2) is 11.7 Å². The molecule has 2 heterocycles. The number of carbonyl (C=O) groups is 3. The summed E-state index contributed by atoms with van der Waals surface area (Å²) in [5.74, 6) is -2.72. The minimum Gasteiger partial charge on any atom is -0.481 e. The fourth-order valence-electron chi connectivity index (χ4n) is 6.76. The van der Waals surface area contributed by atoms with Crippen LogP contribution in [-0.4, -0.2) is 68.8 Å². The summed E-state index contributed by atoms with van der Waals surface area (Å²) in [6.07, 6.45) is 2.12. The van der Waals surface area contributed by atoms with E-state index in [2.05, 4.69) is 0 Å². The minimum absolute atomic E-state index is 0.156. The highest BCUT2D eigenvalue weighted by molar-refractivity contribution is 5.92. The van der Waals surface area contributed by atoms with Crippen LogP contribution in [-0.2, 0) is 28.6 Å². The highest BCUT2D eigenvalue weighted by Crippen LogP contribution is 2.71. The number of fused-ring (bicyclic) bond motifs is 3. The largest absolute Gasteiger partial charge is 0.481 e. The highest BCUT2D eigenvalue weighted by atomic mass is 16.7. The van der Waals surface area contributed by atoms with Crippen molar-refractivity contribution in [1.29, 1.82) is 0 Å². The molecule has 9 heteroatoms. The monoisotopic (exact) mass is 462 g/mol. The average Bonchev–Trinajstić information content (AvgIpc) is 3.36. The fourth-order valence-corrected chi connectivity index (χ4v) is 6.76. The Kier molecular flexibility index (Phi) is 4.71. The molecule has 0 bridgehead atoms. The number of aliphatic carboxylic acids is 1. The van der Waals surface area contributed by atoms with E-state index >= 15 is 0 Å². The molecular weight excluding hydrogens is 432 g/mol. The predicted octanol–water partition coefficient (Wildman–Crippen LogP) is 1.26. The fraction of sp³-hybridized carbons (Fsp3) is 0.708. The number of rotatable bonds is 5. The van der Waals surface area contributed by atoms with Gasteiger partial charge in [0.05, 0.1) is 18.9 Å². The number of hydrogen-bond donors (Lipinski definition) is 3. The van der Waals surface area contributed by atoms with Crippen molar-refractivity contribution in [2.24, 2.45) is 17.3 Å². The summed E-state index contributed by atoms with van der Waals surface area (Å²) in [4.78, 5) is 35.7. The lowest BCUT2D eigenvalue weighted by Crippen LogP contribution is -2.74. The van der Waals surface area contributed by atoms with Crippen LogP contribution >= 0.6 is 0 Å². The van der Waals surface area contributed by atoms with Gasteiger partial charge in [-0.3, -0.25) is 9.59 Å². The standard InChI is InChI=1S/C24H30O9/c1-12(2)22(29)8-9-23(30)21(3)7-6-13-14(11-31-19(13)28)15(21)10-16-24(23,33-16)20(22)32-18(27)5-4-17(25)26/h8-9,12,15-16,20,29-30H,4-7,10-11H2,1-3H3,(H,25,26)/t15-,16-,20+,21-,22+,23+,24+/m0/s1. The summed E-state index contributed by atoms with van der Waals surface area (Å²) >= 11 is 0. The van der Waals surface area contributed by atoms with Gasteiger partial charge in [0.1, 0.15) is 17.8 Å². The van der Waals surface area contributed by atoms with Gasteiger partial charge in [-0.1, -0.05) is 32.9 Å². The Bertz CT molecular complexity index is 998. The average molecular weight is 462 g/mol. The number of carboxylic acids is 1. The van der Waals surface area contributed by atoms with Gasteiger partial charge in [-0.25, -0.2) is 4.79 Å². The van der Waals surface area contributed by atoms with Crippen molar-refractivity contribution in [3.8, 4) is 0 Å². The van der Waals surface area contributed by atoms with Gasteiger partial charge in [0, 0.05) is 11.0 Å². The van der Waals surface area contributed by atoms with E-state index in [1.165, 1.54) is 6.08 Å². The van der Waals surface area contributed by atoms with Crippen LogP contribution < -0.4 is 0 Å². The van der Waals surface area contributed by atoms with E-state index in [1.807, 2.05) is 6.92 Å². The van der Waals surface area contributed by atoms with E-state index < -0.39 is 52.8 Å². The highest BCUT2D eigenvalue weighted by Gasteiger charge is 2.85. The molecule has 1 saturated carbocycles. The molecule has 2 fully saturated rings. The number of epoxide rings is 1. The third kappa shape index (κ3) is 2.73. The number of hydrogen-bond acceptors (Lipinski definition) is 8. The van der Waals surface area contributed by atoms with Gasteiger partial charge in [-0.2, -0.15) is 0 Å². The Morgan fingerprint density at radius 2 is 1.97 bits per heavy atom. The van der Waals surface area contributed by atoms with Gasteiger partial charge in [-0.15, -0.1) is 0 Å². The van der Waals surface area contributed by atoms with Crippen molar-refractivity contribution in [2.45, 2.75) is 81.9 Å². The SMILES string of the molecule is CC(C)[C@]1(O)C=C[C@]2(O)[C@]3(O[C@H]3C[C@H]3C4=C(CC[C@@]32C)C(=O)OC4)[C@@H]1OC(=O)CCC(=O)O. The Morgan fingerprint density at radius 1 is 1.24 bits per heavy atom. The third-order valence-corrected chi connectivity index (χ3v) is 8.87. The molecule has 0 radical (unpaired) electrons. The summed E-state index contributed by atoms with van der Waals surface area (Å²) in [5.41, 5.74) is -3.69. The van der Waals surface area contributed by atoms with Crippen LogP contribution in [0.3, 0.4) is 0 Å². The van der Waals surface area contributed by atoms with E-state index in [1.54, 1.807) is 19.9 Å². The van der Waals surface area contributed by atoms with E-state index in [0.29, 0.717) is 24.8 Å². The van der Waals surface area contributed by atoms with Crippen LogP contribution in [0, 0.1) is 17.3 Å². The van der Waals surface area contributed by atoms with Crippen molar-refractivity contribution < 1.29 is 43.9 Å². The number of ether oxygens (including phenoxy) is 3. The van der Waals surface area contributed by atoms with E-state index in [4.69, 9.17) is 19.3 Å². The topological polar surface area (TPSA) is 143 Å². The Balaban J connectivity index is 1.57. The molecule has 0 aromatic heterocycles. The molecular formula is C24H30O9. The predicted molar refractivity (Wildman–Crippen MR) is 112 cm³/mol. The second-order valence-electron chi connectivity index (χ2n) is 10.6. The maximum Gasteiger partial charge on any atom is 0.334 e. The maximum atomic E-state index is 12.6. The molecule has 1 saturated heterocycles. The first-order valence-corrected chi connectivity index (χ1v) is 11.5. The molecule has 0 aromatic rings. The molecule has 3 N–H and O–H groups in total. The summed E-state index contributed by atoms with van der Waals surface area (Å²) in [7, 11) is 0.